The zero-order chi connectivity index (χ0) is 19.6. The van der Waals surface area contributed by atoms with Crippen LogP contribution in [0.15, 0.2) is 63.9 Å². The van der Waals surface area contributed by atoms with Crippen molar-refractivity contribution >= 4 is 26.8 Å². The fraction of sp³-hybridized carbons (Fsp3) is 0.250. The molecule has 3 aromatic rings. The van der Waals surface area contributed by atoms with Gasteiger partial charge in [-0.25, -0.2) is 13.1 Å². The normalized spacial score (nSPS) is 13.2. The van der Waals surface area contributed by atoms with Gasteiger partial charge in [-0.2, -0.15) is 0 Å². The van der Waals surface area contributed by atoms with Crippen LogP contribution in [0.4, 0.5) is 0 Å². The Labute approximate surface area is 158 Å². The van der Waals surface area contributed by atoms with Crippen molar-refractivity contribution in [1.82, 2.24) is 9.62 Å². The van der Waals surface area contributed by atoms with Crippen LogP contribution in [0.25, 0.3) is 11.0 Å². The number of likely N-dealkylation sites (N-methyl/N-ethyl adjacent to an activating group) is 1. The number of hydrogen-bond donors (Lipinski definition) is 1. The number of hydrogen-bond acceptors (Lipinski definition) is 5. The molecule has 3 rings (SSSR count). The summed E-state index contributed by atoms with van der Waals surface area (Å²) in [4.78, 5) is 13.4. The number of sulfonamides is 1. The van der Waals surface area contributed by atoms with Crippen LogP contribution in [0.5, 0.6) is 0 Å². The molecule has 1 aromatic heterocycles. The van der Waals surface area contributed by atoms with Crippen molar-refractivity contribution in [2.24, 2.45) is 0 Å². The Hall–Kier alpha value is -2.48. The molecule has 1 heterocycles. The molecular weight excluding hydrogens is 364 g/mol. The molecule has 0 aliphatic heterocycles. The molecule has 0 bridgehead atoms. The molecule has 0 aliphatic carbocycles. The highest BCUT2D eigenvalue weighted by Gasteiger charge is 2.22. The molecule has 2 aromatic carbocycles. The minimum absolute atomic E-state index is 0.107. The summed E-state index contributed by atoms with van der Waals surface area (Å²) in [6.07, 6.45) is 0. The van der Waals surface area contributed by atoms with E-state index in [0.717, 1.165) is 11.0 Å². The quantitative estimate of drug-likeness (QED) is 0.631. The summed E-state index contributed by atoms with van der Waals surface area (Å²) in [5.41, 5.74) is 1.24. The smallest absolute Gasteiger partial charge is 0.240 e. The second-order valence-electron chi connectivity index (χ2n) is 6.60. The van der Waals surface area contributed by atoms with Crippen LogP contribution in [0.3, 0.4) is 0 Å². The highest BCUT2D eigenvalue weighted by Crippen LogP contribution is 2.26. The van der Waals surface area contributed by atoms with Crippen LogP contribution in [-0.4, -0.2) is 39.7 Å². The van der Waals surface area contributed by atoms with E-state index in [9.17, 15) is 13.2 Å². The van der Waals surface area contributed by atoms with E-state index in [1.54, 1.807) is 0 Å². The summed E-state index contributed by atoms with van der Waals surface area (Å²) in [6.45, 7) is 1.60. The van der Waals surface area contributed by atoms with Crippen molar-refractivity contribution in [3.63, 3.8) is 0 Å². The van der Waals surface area contributed by atoms with Gasteiger partial charge >= 0.3 is 0 Å². The summed E-state index contributed by atoms with van der Waals surface area (Å²) in [5, 5.41) is 0.974. The van der Waals surface area contributed by atoms with E-state index >= 15 is 0 Å². The molecule has 0 spiro atoms. The number of fused-ring (bicyclic) bond motifs is 1. The largest absolute Gasteiger partial charge is 0.459 e. The van der Waals surface area contributed by atoms with Crippen molar-refractivity contribution in [3.8, 4) is 0 Å². The summed E-state index contributed by atoms with van der Waals surface area (Å²) in [5.74, 6) is 0.584. The van der Waals surface area contributed by atoms with Crippen LogP contribution in [0.2, 0.25) is 0 Å². The van der Waals surface area contributed by atoms with Gasteiger partial charge in [0.05, 0.1) is 10.9 Å². The fourth-order valence-corrected chi connectivity index (χ4v) is 3.88. The van der Waals surface area contributed by atoms with Gasteiger partial charge in [0.2, 0.25) is 10.0 Å². The van der Waals surface area contributed by atoms with Gasteiger partial charge in [0, 0.05) is 17.5 Å². The van der Waals surface area contributed by atoms with Gasteiger partial charge in [0.1, 0.15) is 11.3 Å². The average Bonchev–Trinajstić information content (AvgIpc) is 3.05. The molecule has 0 saturated heterocycles. The lowest BCUT2D eigenvalue weighted by Crippen LogP contribution is -2.34. The van der Waals surface area contributed by atoms with E-state index in [2.05, 4.69) is 4.72 Å². The zero-order valence-corrected chi connectivity index (χ0v) is 16.3. The highest BCUT2D eigenvalue weighted by atomic mass is 32.2. The lowest BCUT2D eigenvalue weighted by atomic mass is 10.2. The predicted octanol–water partition coefficient (Wildman–Crippen LogP) is 3.22. The Morgan fingerprint density at radius 1 is 1.11 bits per heavy atom. The van der Waals surface area contributed by atoms with Crippen LogP contribution < -0.4 is 4.72 Å². The third-order valence-electron chi connectivity index (χ3n) is 4.43. The van der Waals surface area contributed by atoms with E-state index in [4.69, 9.17) is 4.42 Å². The second-order valence-corrected chi connectivity index (χ2v) is 8.37. The molecule has 0 aliphatic rings. The number of ketones is 1. The first-order valence-electron chi connectivity index (χ1n) is 8.53. The number of Topliss-reactive ketones (excluding diaryl/α,β-unsaturated/α-hetero) is 1. The third kappa shape index (κ3) is 4.27. The first-order chi connectivity index (χ1) is 12.8. The van der Waals surface area contributed by atoms with Gasteiger partial charge in [-0.05, 0) is 45.3 Å². The Balaban J connectivity index is 1.79. The van der Waals surface area contributed by atoms with Crippen LogP contribution >= 0.6 is 0 Å². The number of nitrogens with zero attached hydrogens (tertiary/aromatic N) is 1. The first-order valence-corrected chi connectivity index (χ1v) is 10.0. The van der Waals surface area contributed by atoms with Crippen LogP contribution in [0, 0.1) is 0 Å². The van der Waals surface area contributed by atoms with Crippen molar-refractivity contribution in [1.29, 1.82) is 0 Å². The first kappa shape index (κ1) is 19.3. The second kappa shape index (κ2) is 7.64. The van der Waals surface area contributed by atoms with Gasteiger partial charge in [0.15, 0.2) is 5.78 Å². The minimum Gasteiger partial charge on any atom is -0.459 e. The molecule has 6 nitrogen and oxygen atoms in total. The van der Waals surface area contributed by atoms with Crippen LogP contribution in [0.1, 0.15) is 29.1 Å². The number of nitrogens with one attached hydrogen (secondary N) is 1. The van der Waals surface area contributed by atoms with Gasteiger partial charge < -0.3 is 4.42 Å². The summed E-state index contributed by atoms with van der Waals surface area (Å²) in [7, 11) is 0.0387. The maximum atomic E-state index is 12.6. The Kier molecular flexibility index (Phi) is 5.46. The van der Waals surface area contributed by atoms with Crippen molar-refractivity contribution in [3.05, 3.63) is 65.9 Å². The molecule has 0 amide bonds. The van der Waals surface area contributed by atoms with Gasteiger partial charge in [-0.1, -0.05) is 30.3 Å². The number of para-hydroxylation sites is 1. The Morgan fingerprint density at radius 2 is 1.78 bits per heavy atom. The number of furan rings is 1. The third-order valence-corrected chi connectivity index (χ3v) is 5.87. The molecule has 0 radical (unpaired) electrons. The molecular formula is C20H22N2O4S. The lowest BCUT2D eigenvalue weighted by molar-refractivity contribution is 0.101. The monoisotopic (exact) mass is 386 g/mol. The Bertz CT molecular complexity index is 1020. The maximum absolute atomic E-state index is 12.6. The summed E-state index contributed by atoms with van der Waals surface area (Å²) < 4.78 is 33.7. The maximum Gasteiger partial charge on any atom is 0.240 e. The highest BCUT2D eigenvalue weighted by molar-refractivity contribution is 7.89. The van der Waals surface area contributed by atoms with E-state index in [1.807, 2.05) is 49.3 Å². The fourth-order valence-electron chi connectivity index (χ4n) is 2.85. The average molecular weight is 386 g/mol. The van der Waals surface area contributed by atoms with Crippen molar-refractivity contribution < 1.29 is 17.6 Å². The number of benzene rings is 2. The van der Waals surface area contributed by atoms with Crippen molar-refractivity contribution in [2.45, 2.75) is 17.9 Å². The number of carbonyl (C=O) groups is 1. The molecule has 0 fully saturated rings. The summed E-state index contributed by atoms with van der Waals surface area (Å²) >= 11 is 0. The van der Waals surface area contributed by atoms with Crippen LogP contribution in [-0.2, 0) is 10.0 Å². The van der Waals surface area contributed by atoms with Gasteiger partial charge in [0.25, 0.3) is 0 Å². The topological polar surface area (TPSA) is 79.6 Å². The minimum atomic E-state index is -3.70. The molecule has 1 N–H and O–H groups in total. The predicted molar refractivity (Wildman–Crippen MR) is 104 cm³/mol. The molecule has 27 heavy (non-hydrogen) atoms. The number of rotatable bonds is 7. The number of carbonyl (C=O) groups excluding carboxylic acids is 1. The van der Waals surface area contributed by atoms with Gasteiger partial charge in [-0.3, -0.25) is 9.69 Å². The van der Waals surface area contributed by atoms with Crippen molar-refractivity contribution in [2.75, 3.05) is 20.6 Å². The summed E-state index contributed by atoms with van der Waals surface area (Å²) in [6, 6.07) is 15.2. The molecule has 142 valence electrons. The molecule has 1 unspecified atom stereocenters. The SMILES string of the molecule is CC(=O)c1ccc(S(=O)(=O)NCC(c2cc3ccccc3o2)N(C)C)cc1. The zero-order valence-electron chi connectivity index (χ0n) is 15.5. The van der Waals surface area contributed by atoms with E-state index < -0.39 is 10.0 Å². The van der Waals surface area contributed by atoms with E-state index in [1.165, 1.54) is 31.2 Å². The lowest BCUT2D eigenvalue weighted by Gasteiger charge is -2.22. The van der Waals surface area contributed by atoms with E-state index in [-0.39, 0.29) is 23.3 Å². The molecule has 7 heteroatoms. The standard InChI is InChI=1S/C20H22N2O4S/c1-14(23)15-8-10-17(11-9-15)27(24,25)21-13-18(22(2)3)20-12-16-6-4-5-7-19(16)26-20/h4-12,18,21H,13H2,1-3H3. The molecule has 1 atom stereocenters. The molecule has 0 saturated carbocycles. The Morgan fingerprint density at radius 3 is 2.37 bits per heavy atom. The van der Waals surface area contributed by atoms with Gasteiger partial charge in [-0.15, -0.1) is 0 Å². The van der Waals surface area contributed by atoms with E-state index in [0.29, 0.717) is 11.3 Å².